The molecular weight excluding hydrogens is 302 g/mol. The van der Waals surface area contributed by atoms with Crippen LogP contribution in [-0.4, -0.2) is 23.6 Å². The normalized spacial score (nSPS) is 27.0. The van der Waals surface area contributed by atoms with Gasteiger partial charge in [0.1, 0.15) is 5.01 Å². The van der Waals surface area contributed by atoms with E-state index in [9.17, 15) is 0 Å². The number of fused-ring (bicyclic) bond motifs is 1. The lowest BCUT2D eigenvalue weighted by Gasteiger charge is -2.24. The summed E-state index contributed by atoms with van der Waals surface area (Å²) >= 11 is 1.75. The van der Waals surface area contributed by atoms with Crippen LogP contribution in [0.15, 0.2) is 35.7 Å². The van der Waals surface area contributed by atoms with Crippen molar-refractivity contribution in [2.45, 2.75) is 50.7 Å². The third kappa shape index (κ3) is 3.65. The Bertz CT molecular complexity index is 611. The van der Waals surface area contributed by atoms with E-state index in [1.54, 1.807) is 11.3 Å². The largest absolute Gasteiger partial charge is 0.310 e. The molecule has 1 aromatic carbocycles. The molecule has 4 rings (SSSR count). The zero-order chi connectivity index (χ0) is 15.5. The fourth-order valence-electron chi connectivity index (χ4n) is 4.07. The number of thiazole rings is 1. The SMILES string of the molecule is c1ccc(-c2csc(CNC[C@@H]3C[C@@H]4CCCC[C@@H]4N3)n2)cc1. The second kappa shape index (κ2) is 7.12. The van der Waals surface area contributed by atoms with Gasteiger partial charge in [0, 0.05) is 36.1 Å². The Balaban J connectivity index is 1.26. The molecule has 2 fully saturated rings. The van der Waals surface area contributed by atoms with Crippen LogP contribution < -0.4 is 10.6 Å². The predicted molar refractivity (Wildman–Crippen MR) is 96.5 cm³/mol. The first-order chi connectivity index (χ1) is 11.4. The molecule has 0 radical (unpaired) electrons. The molecule has 23 heavy (non-hydrogen) atoms. The summed E-state index contributed by atoms with van der Waals surface area (Å²) in [5, 5.41) is 10.8. The number of benzene rings is 1. The molecule has 1 aliphatic heterocycles. The molecule has 1 aromatic heterocycles. The van der Waals surface area contributed by atoms with E-state index in [0.29, 0.717) is 6.04 Å². The van der Waals surface area contributed by atoms with Crippen LogP contribution in [0.2, 0.25) is 0 Å². The molecule has 0 spiro atoms. The zero-order valence-corrected chi connectivity index (χ0v) is 14.3. The van der Waals surface area contributed by atoms with Gasteiger partial charge in [0.15, 0.2) is 0 Å². The Morgan fingerprint density at radius 3 is 2.91 bits per heavy atom. The van der Waals surface area contributed by atoms with Gasteiger partial charge in [-0.3, -0.25) is 0 Å². The summed E-state index contributed by atoms with van der Waals surface area (Å²) in [5.74, 6) is 0.931. The van der Waals surface area contributed by atoms with Crippen molar-refractivity contribution >= 4 is 11.3 Å². The summed E-state index contributed by atoms with van der Waals surface area (Å²) in [5.41, 5.74) is 2.30. The van der Waals surface area contributed by atoms with Crippen molar-refractivity contribution in [3.8, 4) is 11.3 Å². The quantitative estimate of drug-likeness (QED) is 0.876. The van der Waals surface area contributed by atoms with Gasteiger partial charge in [-0.2, -0.15) is 0 Å². The highest BCUT2D eigenvalue weighted by Gasteiger charge is 2.34. The fraction of sp³-hybridized carbons (Fsp3) is 0.526. The first-order valence-corrected chi connectivity index (χ1v) is 9.73. The van der Waals surface area contributed by atoms with Gasteiger partial charge >= 0.3 is 0 Å². The third-order valence-electron chi connectivity index (χ3n) is 5.23. The summed E-state index contributed by atoms with van der Waals surface area (Å²) < 4.78 is 0. The molecule has 2 heterocycles. The van der Waals surface area contributed by atoms with Gasteiger partial charge in [0.25, 0.3) is 0 Å². The molecule has 3 atom stereocenters. The van der Waals surface area contributed by atoms with Crippen molar-refractivity contribution in [1.29, 1.82) is 0 Å². The van der Waals surface area contributed by atoms with Gasteiger partial charge in [-0.25, -0.2) is 4.98 Å². The maximum Gasteiger partial charge on any atom is 0.107 e. The van der Waals surface area contributed by atoms with E-state index in [0.717, 1.165) is 30.7 Å². The average molecular weight is 327 g/mol. The number of hydrogen-bond donors (Lipinski definition) is 2. The Morgan fingerprint density at radius 1 is 1.17 bits per heavy atom. The minimum Gasteiger partial charge on any atom is -0.310 e. The molecule has 2 N–H and O–H groups in total. The molecule has 1 saturated heterocycles. The van der Waals surface area contributed by atoms with Crippen molar-refractivity contribution in [3.05, 3.63) is 40.7 Å². The molecule has 1 aliphatic carbocycles. The first kappa shape index (κ1) is 15.3. The number of nitrogens with zero attached hydrogens (tertiary/aromatic N) is 1. The molecule has 4 heteroatoms. The van der Waals surface area contributed by atoms with Gasteiger partial charge in [0.05, 0.1) is 5.69 Å². The van der Waals surface area contributed by atoms with E-state index < -0.39 is 0 Å². The Kier molecular flexibility index (Phi) is 4.74. The summed E-state index contributed by atoms with van der Waals surface area (Å²) in [4.78, 5) is 4.75. The second-order valence-electron chi connectivity index (χ2n) is 6.87. The number of hydrogen-bond acceptors (Lipinski definition) is 4. The molecule has 2 aliphatic rings. The van der Waals surface area contributed by atoms with Crippen molar-refractivity contribution in [2.75, 3.05) is 6.54 Å². The van der Waals surface area contributed by atoms with Gasteiger partial charge in [0.2, 0.25) is 0 Å². The third-order valence-corrected chi connectivity index (χ3v) is 6.08. The van der Waals surface area contributed by atoms with Crippen LogP contribution >= 0.6 is 11.3 Å². The van der Waals surface area contributed by atoms with E-state index in [1.165, 1.54) is 42.7 Å². The number of nitrogens with one attached hydrogen (secondary N) is 2. The zero-order valence-electron chi connectivity index (χ0n) is 13.5. The molecule has 0 amide bonds. The van der Waals surface area contributed by atoms with E-state index in [2.05, 4.69) is 40.3 Å². The monoisotopic (exact) mass is 327 g/mol. The lowest BCUT2D eigenvalue weighted by molar-refractivity contribution is 0.325. The van der Waals surface area contributed by atoms with Crippen LogP contribution in [0.1, 0.15) is 37.1 Å². The maximum absolute atomic E-state index is 4.75. The molecule has 3 nitrogen and oxygen atoms in total. The summed E-state index contributed by atoms with van der Waals surface area (Å²) in [6.45, 7) is 1.94. The van der Waals surface area contributed by atoms with Gasteiger partial charge in [-0.05, 0) is 25.2 Å². The molecule has 2 aromatic rings. The van der Waals surface area contributed by atoms with Gasteiger partial charge in [-0.1, -0.05) is 43.2 Å². The highest BCUT2D eigenvalue weighted by Crippen LogP contribution is 2.33. The average Bonchev–Trinajstić information content (AvgIpc) is 3.22. The van der Waals surface area contributed by atoms with E-state index in [4.69, 9.17) is 4.98 Å². The fourth-order valence-corrected chi connectivity index (χ4v) is 4.85. The predicted octanol–water partition coefficient (Wildman–Crippen LogP) is 3.82. The van der Waals surface area contributed by atoms with E-state index in [1.807, 2.05) is 6.07 Å². The van der Waals surface area contributed by atoms with Crippen LogP contribution in [-0.2, 0) is 6.54 Å². The lowest BCUT2D eigenvalue weighted by atomic mass is 9.85. The van der Waals surface area contributed by atoms with E-state index >= 15 is 0 Å². The van der Waals surface area contributed by atoms with Crippen molar-refractivity contribution in [1.82, 2.24) is 15.6 Å². The standard InChI is InChI=1S/C19H25N3S/c1-2-6-14(7-3-1)18-13-23-19(22-18)12-20-11-16-10-15-8-4-5-9-17(15)21-16/h1-3,6-7,13,15-17,20-21H,4-5,8-12H2/t15-,16-,17-/m0/s1. The second-order valence-corrected chi connectivity index (χ2v) is 7.82. The molecule has 122 valence electrons. The highest BCUT2D eigenvalue weighted by atomic mass is 32.1. The van der Waals surface area contributed by atoms with Crippen LogP contribution in [0.3, 0.4) is 0 Å². The molecular formula is C19H25N3S. The molecule has 1 saturated carbocycles. The first-order valence-electron chi connectivity index (χ1n) is 8.85. The van der Waals surface area contributed by atoms with Crippen molar-refractivity contribution in [3.63, 3.8) is 0 Å². The van der Waals surface area contributed by atoms with Gasteiger partial charge in [-0.15, -0.1) is 11.3 Å². The summed E-state index contributed by atoms with van der Waals surface area (Å²) in [6, 6.07) is 11.9. The van der Waals surface area contributed by atoms with Crippen molar-refractivity contribution < 1.29 is 0 Å². The minimum atomic E-state index is 0.650. The van der Waals surface area contributed by atoms with E-state index in [-0.39, 0.29) is 0 Å². The van der Waals surface area contributed by atoms with Gasteiger partial charge < -0.3 is 10.6 Å². The number of rotatable bonds is 5. The molecule has 0 unspecified atom stereocenters. The number of aromatic nitrogens is 1. The minimum absolute atomic E-state index is 0.650. The smallest absolute Gasteiger partial charge is 0.107 e. The van der Waals surface area contributed by atoms with Crippen LogP contribution in [0.4, 0.5) is 0 Å². The Morgan fingerprint density at radius 2 is 2.04 bits per heavy atom. The van der Waals surface area contributed by atoms with Crippen LogP contribution in [0.5, 0.6) is 0 Å². The topological polar surface area (TPSA) is 37.0 Å². The highest BCUT2D eigenvalue weighted by molar-refractivity contribution is 7.09. The summed E-state index contributed by atoms with van der Waals surface area (Å²) in [6.07, 6.45) is 7.01. The Labute approximate surface area is 142 Å². The summed E-state index contributed by atoms with van der Waals surface area (Å²) in [7, 11) is 0. The molecule has 0 bridgehead atoms. The maximum atomic E-state index is 4.75. The Hall–Kier alpha value is -1.23. The lowest BCUT2D eigenvalue weighted by Crippen LogP contribution is -2.38. The van der Waals surface area contributed by atoms with Crippen molar-refractivity contribution in [2.24, 2.45) is 5.92 Å². The van der Waals surface area contributed by atoms with Crippen LogP contribution in [0, 0.1) is 5.92 Å². The van der Waals surface area contributed by atoms with Crippen LogP contribution in [0.25, 0.3) is 11.3 Å².